The third-order valence-corrected chi connectivity index (χ3v) is 5.14. The number of imidazole rings is 1. The highest BCUT2D eigenvalue weighted by atomic mass is 32.2. The smallest absolute Gasteiger partial charge is 0.180 e. The largest absolute Gasteiger partial charge is 0.497 e. The number of thioether (sulfide) groups is 1. The predicted molar refractivity (Wildman–Crippen MR) is 111 cm³/mol. The maximum Gasteiger partial charge on any atom is 0.180 e. The number of aromatic nitrogens is 3. The molecule has 136 valence electrons. The first-order valence-electron chi connectivity index (χ1n) is 8.75. The highest BCUT2D eigenvalue weighted by Crippen LogP contribution is 2.27. The van der Waals surface area contributed by atoms with Crippen molar-refractivity contribution in [2.75, 3.05) is 18.2 Å². The minimum Gasteiger partial charge on any atom is -0.497 e. The van der Waals surface area contributed by atoms with Crippen molar-refractivity contribution in [2.45, 2.75) is 11.8 Å². The van der Waals surface area contributed by atoms with E-state index in [1.54, 1.807) is 13.3 Å². The number of nitrogens with one attached hydrogen (secondary N) is 1. The van der Waals surface area contributed by atoms with E-state index in [-0.39, 0.29) is 0 Å². The van der Waals surface area contributed by atoms with Crippen molar-refractivity contribution in [1.82, 2.24) is 14.4 Å². The van der Waals surface area contributed by atoms with Gasteiger partial charge in [-0.3, -0.25) is 4.40 Å². The molecule has 0 saturated heterocycles. The Morgan fingerprint density at radius 1 is 1.04 bits per heavy atom. The maximum atomic E-state index is 5.20. The van der Waals surface area contributed by atoms with Gasteiger partial charge in [-0.1, -0.05) is 19.1 Å². The Hall–Kier alpha value is -2.99. The van der Waals surface area contributed by atoms with Crippen LogP contribution in [0.3, 0.4) is 0 Å². The Balaban J connectivity index is 1.67. The fourth-order valence-electron chi connectivity index (χ4n) is 2.92. The van der Waals surface area contributed by atoms with Gasteiger partial charge in [-0.2, -0.15) is 0 Å². The number of nitrogens with zero attached hydrogens (tertiary/aromatic N) is 3. The zero-order valence-corrected chi connectivity index (χ0v) is 16.0. The number of benzene rings is 2. The van der Waals surface area contributed by atoms with Crippen LogP contribution in [0.1, 0.15) is 6.92 Å². The van der Waals surface area contributed by atoms with E-state index in [9.17, 15) is 0 Å². The molecule has 0 saturated carbocycles. The van der Waals surface area contributed by atoms with Crippen molar-refractivity contribution in [3.05, 3.63) is 67.1 Å². The molecule has 0 aliphatic heterocycles. The van der Waals surface area contributed by atoms with E-state index in [1.165, 1.54) is 4.90 Å². The average Bonchev–Trinajstić information content (AvgIpc) is 3.20. The standard InChI is InChI=1S/C21H20N4OS/c1-3-27-18-10-4-15(5-11-18)19-14-23-20(21-22-12-13-25(19)21)24-16-6-8-17(26-2)9-7-16/h4-14H,3H2,1-2H3,(H,23,24). The summed E-state index contributed by atoms with van der Waals surface area (Å²) in [6.07, 6.45) is 5.63. The monoisotopic (exact) mass is 376 g/mol. The first-order chi connectivity index (χ1) is 13.3. The maximum absolute atomic E-state index is 5.20. The Bertz CT molecular complexity index is 1040. The van der Waals surface area contributed by atoms with Crippen molar-refractivity contribution in [1.29, 1.82) is 0 Å². The summed E-state index contributed by atoms with van der Waals surface area (Å²) in [4.78, 5) is 10.4. The van der Waals surface area contributed by atoms with Crippen LogP contribution in [-0.2, 0) is 0 Å². The Morgan fingerprint density at radius 2 is 1.81 bits per heavy atom. The second-order valence-electron chi connectivity index (χ2n) is 5.92. The van der Waals surface area contributed by atoms with Gasteiger partial charge in [-0.25, -0.2) is 9.97 Å². The Kier molecular flexibility index (Phi) is 4.98. The zero-order chi connectivity index (χ0) is 18.6. The van der Waals surface area contributed by atoms with Crippen LogP contribution >= 0.6 is 11.8 Å². The molecule has 2 aromatic heterocycles. The third kappa shape index (κ3) is 3.61. The summed E-state index contributed by atoms with van der Waals surface area (Å²) in [6, 6.07) is 16.3. The lowest BCUT2D eigenvalue weighted by Gasteiger charge is -2.11. The molecule has 0 bridgehead atoms. The van der Waals surface area contributed by atoms with Crippen molar-refractivity contribution in [3.63, 3.8) is 0 Å². The SMILES string of the molecule is CCSc1ccc(-c2cnc(Nc3ccc(OC)cc3)c3nccn23)cc1. The van der Waals surface area contributed by atoms with Gasteiger partial charge >= 0.3 is 0 Å². The van der Waals surface area contributed by atoms with Crippen LogP contribution in [0.5, 0.6) is 5.75 Å². The fraction of sp³-hybridized carbons (Fsp3) is 0.143. The van der Waals surface area contributed by atoms with E-state index >= 15 is 0 Å². The molecular formula is C21H20N4OS. The zero-order valence-electron chi connectivity index (χ0n) is 15.2. The summed E-state index contributed by atoms with van der Waals surface area (Å²) < 4.78 is 7.26. The van der Waals surface area contributed by atoms with Gasteiger partial charge < -0.3 is 10.1 Å². The van der Waals surface area contributed by atoms with Crippen LogP contribution < -0.4 is 10.1 Å². The van der Waals surface area contributed by atoms with Gasteiger partial charge in [0.1, 0.15) is 5.75 Å². The quantitative estimate of drug-likeness (QED) is 0.465. The molecule has 1 N–H and O–H groups in total. The lowest BCUT2D eigenvalue weighted by molar-refractivity contribution is 0.415. The van der Waals surface area contributed by atoms with Crippen LogP contribution in [0.4, 0.5) is 11.5 Å². The van der Waals surface area contributed by atoms with E-state index in [0.717, 1.165) is 34.1 Å². The van der Waals surface area contributed by atoms with E-state index in [1.807, 2.05) is 48.4 Å². The topological polar surface area (TPSA) is 51.5 Å². The summed E-state index contributed by atoms with van der Waals surface area (Å²) in [5.41, 5.74) is 3.84. The third-order valence-electron chi connectivity index (χ3n) is 4.24. The molecule has 0 aliphatic rings. The second-order valence-corrected chi connectivity index (χ2v) is 7.26. The van der Waals surface area contributed by atoms with Gasteiger partial charge in [0, 0.05) is 28.5 Å². The van der Waals surface area contributed by atoms with Crippen molar-refractivity contribution < 1.29 is 4.74 Å². The normalized spacial score (nSPS) is 10.9. The van der Waals surface area contributed by atoms with Crippen LogP contribution in [0.15, 0.2) is 72.0 Å². The Morgan fingerprint density at radius 3 is 2.52 bits per heavy atom. The predicted octanol–water partition coefficient (Wildman–Crippen LogP) is 5.26. The number of anilines is 2. The molecular weight excluding hydrogens is 356 g/mol. The summed E-state index contributed by atoms with van der Waals surface area (Å²) in [5, 5.41) is 3.34. The minimum atomic E-state index is 0.715. The van der Waals surface area contributed by atoms with Crippen LogP contribution in [0.2, 0.25) is 0 Å². The van der Waals surface area contributed by atoms with Gasteiger partial charge in [-0.15, -0.1) is 11.8 Å². The van der Waals surface area contributed by atoms with E-state index in [4.69, 9.17) is 4.74 Å². The van der Waals surface area contributed by atoms with Gasteiger partial charge in [0.15, 0.2) is 11.5 Å². The van der Waals surface area contributed by atoms with E-state index in [2.05, 4.69) is 50.9 Å². The number of methoxy groups -OCH3 is 1. The lowest BCUT2D eigenvalue weighted by Crippen LogP contribution is -2.00. The molecule has 4 aromatic rings. The first kappa shape index (κ1) is 17.4. The van der Waals surface area contributed by atoms with E-state index in [0.29, 0.717) is 5.82 Å². The minimum absolute atomic E-state index is 0.715. The molecule has 0 radical (unpaired) electrons. The highest BCUT2D eigenvalue weighted by molar-refractivity contribution is 7.99. The van der Waals surface area contributed by atoms with Crippen LogP contribution in [-0.4, -0.2) is 27.2 Å². The summed E-state index contributed by atoms with van der Waals surface area (Å²) in [5.74, 6) is 2.60. The number of fused-ring (bicyclic) bond motifs is 1. The number of hydrogen-bond donors (Lipinski definition) is 1. The molecule has 0 atom stereocenters. The van der Waals surface area contributed by atoms with Crippen molar-refractivity contribution in [2.24, 2.45) is 0 Å². The van der Waals surface area contributed by atoms with Crippen LogP contribution in [0.25, 0.3) is 16.9 Å². The molecule has 0 fully saturated rings. The highest BCUT2D eigenvalue weighted by Gasteiger charge is 2.10. The van der Waals surface area contributed by atoms with Gasteiger partial charge in [-0.05, 0) is 42.2 Å². The molecule has 4 rings (SSSR count). The van der Waals surface area contributed by atoms with Gasteiger partial charge in [0.25, 0.3) is 0 Å². The fourth-order valence-corrected chi connectivity index (χ4v) is 3.58. The number of hydrogen-bond acceptors (Lipinski definition) is 5. The molecule has 27 heavy (non-hydrogen) atoms. The molecule has 5 nitrogen and oxygen atoms in total. The lowest BCUT2D eigenvalue weighted by atomic mass is 10.1. The molecule has 2 aromatic carbocycles. The van der Waals surface area contributed by atoms with E-state index < -0.39 is 0 Å². The first-order valence-corrected chi connectivity index (χ1v) is 9.73. The molecule has 6 heteroatoms. The van der Waals surface area contributed by atoms with Crippen molar-refractivity contribution >= 4 is 28.9 Å². The van der Waals surface area contributed by atoms with Gasteiger partial charge in [0.05, 0.1) is 19.0 Å². The summed E-state index contributed by atoms with van der Waals surface area (Å²) in [7, 11) is 1.66. The van der Waals surface area contributed by atoms with Crippen molar-refractivity contribution in [3.8, 4) is 17.0 Å². The van der Waals surface area contributed by atoms with Crippen LogP contribution in [0, 0.1) is 0 Å². The molecule has 0 unspecified atom stereocenters. The molecule has 0 spiro atoms. The summed E-state index contributed by atoms with van der Waals surface area (Å²) in [6.45, 7) is 2.16. The number of ether oxygens (including phenoxy) is 1. The summed E-state index contributed by atoms with van der Waals surface area (Å²) >= 11 is 1.84. The molecule has 2 heterocycles. The Labute approximate surface area is 162 Å². The second kappa shape index (κ2) is 7.72. The molecule has 0 amide bonds. The number of rotatable bonds is 6. The molecule has 0 aliphatic carbocycles. The average molecular weight is 376 g/mol. The van der Waals surface area contributed by atoms with Gasteiger partial charge in [0.2, 0.25) is 0 Å².